The maximum atomic E-state index is 12.7. The van der Waals surface area contributed by atoms with E-state index in [4.69, 9.17) is 8.83 Å². The number of rotatable bonds is 4. The standard InChI is InChI=1S/C17H14O5/c1-10(18)9-12(13-7-4-8-21-13)15-16(19)11-5-2-3-6-14(11)22-17(15)20/h2-8,12,19H,9H2,1H3/p-1. The molecule has 3 aromatic rings. The zero-order valence-electron chi connectivity index (χ0n) is 11.9. The van der Waals surface area contributed by atoms with E-state index in [-0.39, 0.29) is 23.4 Å². The Labute approximate surface area is 125 Å². The first-order valence-corrected chi connectivity index (χ1v) is 6.83. The van der Waals surface area contributed by atoms with Gasteiger partial charge >= 0.3 is 5.63 Å². The van der Waals surface area contributed by atoms with E-state index in [1.165, 1.54) is 13.2 Å². The number of carbonyl (C=O) groups excluding carboxylic acids is 1. The number of para-hydroxylation sites is 1. The topological polar surface area (TPSA) is 83.5 Å². The van der Waals surface area contributed by atoms with Gasteiger partial charge in [0, 0.05) is 17.4 Å². The second-order valence-electron chi connectivity index (χ2n) is 5.10. The highest BCUT2D eigenvalue weighted by atomic mass is 16.4. The highest BCUT2D eigenvalue weighted by Gasteiger charge is 2.24. The first kappa shape index (κ1) is 14.1. The van der Waals surface area contributed by atoms with Gasteiger partial charge in [-0.1, -0.05) is 23.9 Å². The van der Waals surface area contributed by atoms with Crippen LogP contribution < -0.4 is 10.7 Å². The highest BCUT2D eigenvalue weighted by molar-refractivity contribution is 5.84. The summed E-state index contributed by atoms with van der Waals surface area (Å²) in [7, 11) is 0. The molecule has 0 N–H and O–H groups in total. The summed E-state index contributed by atoms with van der Waals surface area (Å²) in [6, 6.07) is 9.83. The zero-order valence-corrected chi connectivity index (χ0v) is 11.9. The Balaban J connectivity index is 2.26. The highest BCUT2D eigenvalue weighted by Crippen LogP contribution is 2.34. The van der Waals surface area contributed by atoms with Gasteiger partial charge in [-0.3, -0.25) is 4.79 Å². The molecular weight excluding hydrogens is 284 g/mol. The molecule has 0 fully saturated rings. The van der Waals surface area contributed by atoms with Gasteiger partial charge in [-0.15, -0.1) is 0 Å². The Morgan fingerprint density at radius 1 is 1.23 bits per heavy atom. The molecule has 0 amide bonds. The number of ketones is 1. The smallest absolute Gasteiger partial charge is 0.339 e. The lowest BCUT2D eigenvalue weighted by molar-refractivity contribution is -0.267. The number of hydrogen-bond acceptors (Lipinski definition) is 5. The molecule has 5 heteroatoms. The largest absolute Gasteiger partial charge is 0.872 e. The molecule has 1 aromatic carbocycles. The summed E-state index contributed by atoms with van der Waals surface area (Å²) in [5.74, 6) is -0.904. The number of hydrogen-bond donors (Lipinski definition) is 0. The molecule has 2 aromatic heterocycles. The molecule has 0 saturated heterocycles. The van der Waals surface area contributed by atoms with Crippen LogP contribution in [0.5, 0.6) is 5.75 Å². The maximum Gasteiger partial charge on any atom is 0.339 e. The molecule has 0 radical (unpaired) electrons. The first-order chi connectivity index (χ1) is 10.6. The van der Waals surface area contributed by atoms with E-state index in [9.17, 15) is 14.7 Å². The molecular formula is C17H13O5-. The van der Waals surface area contributed by atoms with E-state index in [1.807, 2.05) is 0 Å². The van der Waals surface area contributed by atoms with Crippen molar-refractivity contribution >= 4 is 16.8 Å². The van der Waals surface area contributed by atoms with Crippen LogP contribution >= 0.6 is 0 Å². The van der Waals surface area contributed by atoms with Crippen LogP contribution in [0.15, 0.2) is 56.3 Å². The molecule has 0 aliphatic rings. The van der Waals surface area contributed by atoms with Crippen molar-refractivity contribution in [3.8, 4) is 5.75 Å². The summed E-state index contributed by atoms with van der Waals surface area (Å²) in [4.78, 5) is 23.8. The molecule has 0 aliphatic carbocycles. The van der Waals surface area contributed by atoms with Gasteiger partial charge < -0.3 is 13.9 Å². The van der Waals surface area contributed by atoms with Gasteiger partial charge in [-0.25, -0.2) is 4.79 Å². The first-order valence-electron chi connectivity index (χ1n) is 6.83. The number of benzene rings is 1. The quantitative estimate of drug-likeness (QED) is 0.691. The van der Waals surface area contributed by atoms with E-state index in [0.717, 1.165) is 0 Å². The average Bonchev–Trinajstić information content (AvgIpc) is 3.00. The fourth-order valence-corrected chi connectivity index (χ4v) is 2.56. The molecule has 1 unspecified atom stereocenters. The van der Waals surface area contributed by atoms with Crippen molar-refractivity contribution in [2.45, 2.75) is 19.3 Å². The van der Waals surface area contributed by atoms with E-state index >= 15 is 0 Å². The lowest BCUT2D eigenvalue weighted by Gasteiger charge is -2.20. The van der Waals surface area contributed by atoms with Crippen LogP contribution in [0.4, 0.5) is 0 Å². The van der Waals surface area contributed by atoms with Gasteiger partial charge in [0.05, 0.1) is 12.2 Å². The monoisotopic (exact) mass is 297 g/mol. The lowest BCUT2D eigenvalue weighted by Crippen LogP contribution is -2.19. The molecule has 0 spiro atoms. The minimum Gasteiger partial charge on any atom is -0.872 e. The van der Waals surface area contributed by atoms with E-state index in [0.29, 0.717) is 11.1 Å². The number of fused-ring (bicyclic) bond motifs is 1. The third-order valence-corrected chi connectivity index (χ3v) is 3.53. The SMILES string of the molecule is CC(=O)CC(c1ccco1)c1c([O-])c2ccccc2oc1=O. The third kappa shape index (κ3) is 2.41. The molecule has 22 heavy (non-hydrogen) atoms. The normalized spacial score (nSPS) is 12.4. The number of Topliss-reactive ketones (excluding diaryl/α,β-unsaturated/α-hetero) is 1. The van der Waals surface area contributed by atoms with E-state index in [2.05, 4.69) is 0 Å². The van der Waals surface area contributed by atoms with Crippen molar-refractivity contribution < 1.29 is 18.7 Å². The molecule has 0 saturated carbocycles. The molecule has 112 valence electrons. The zero-order chi connectivity index (χ0) is 15.7. The number of carbonyl (C=O) groups is 1. The maximum absolute atomic E-state index is 12.7. The summed E-state index contributed by atoms with van der Waals surface area (Å²) in [6.45, 7) is 1.41. The van der Waals surface area contributed by atoms with E-state index in [1.54, 1.807) is 36.4 Å². The van der Waals surface area contributed by atoms with Gasteiger partial charge in [-0.05, 0) is 25.1 Å². The summed E-state index contributed by atoms with van der Waals surface area (Å²) in [6.07, 6.45) is 1.45. The molecule has 2 heterocycles. The molecule has 0 bridgehead atoms. The Bertz CT molecular complexity index is 874. The van der Waals surface area contributed by atoms with Gasteiger partial charge in [-0.2, -0.15) is 0 Å². The van der Waals surface area contributed by atoms with Crippen LogP contribution in [0.2, 0.25) is 0 Å². The van der Waals surface area contributed by atoms with Crippen molar-refractivity contribution in [2.24, 2.45) is 0 Å². The summed E-state index contributed by atoms with van der Waals surface area (Å²) < 4.78 is 10.5. The molecule has 5 nitrogen and oxygen atoms in total. The molecule has 0 aliphatic heterocycles. The minimum atomic E-state index is -0.735. The predicted octanol–water partition coefficient (Wildman–Crippen LogP) is 2.57. The van der Waals surface area contributed by atoms with Crippen LogP contribution in [0, 0.1) is 0 Å². The molecule has 1 atom stereocenters. The van der Waals surface area contributed by atoms with Crippen molar-refractivity contribution in [2.75, 3.05) is 0 Å². The average molecular weight is 297 g/mol. The Hall–Kier alpha value is -2.82. The summed E-state index contributed by atoms with van der Waals surface area (Å²) in [5.41, 5.74) is -0.558. The molecule has 3 rings (SSSR count). The summed E-state index contributed by atoms with van der Waals surface area (Å²) in [5, 5.41) is 13.0. The van der Waals surface area contributed by atoms with Crippen LogP contribution in [-0.2, 0) is 4.79 Å². The van der Waals surface area contributed by atoms with Crippen molar-refractivity contribution in [3.05, 3.63) is 64.4 Å². The van der Waals surface area contributed by atoms with Crippen molar-refractivity contribution in [1.29, 1.82) is 0 Å². The van der Waals surface area contributed by atoms with Crippen LogP contribution in [0.3, 0.4) is 0 Å². The summed E-state index contributed by atoms with van der Waals surface area (Å²) >= 11 is 0. The van der Waals surface area contributed by atoms with Gasteiger partial charge in [0.15, 0.2) is 0 Å². The van der Waals surface area contributed by atoms with Crippen molar-refractivity contribution in [3.63, 3.8) is 0 Å². The Morgan fingerprint density at radius 3 is 2.68 bits per heavy atom. The fourth-order valence-electron chi connectivity index (χ4n) is 2.56. The fraction of sp³-hybridized carbons (Fsp3) is 0.176. The van der Waals surface area contributed by atoms with E-state index < -0.39 is 17.3 Å². The van der Waals surface area contributed by atoms with Crippen LogP contribution in [0.25, 0.3) is 11.0 Å². The second-order valence-corrected chi connectivity index (χ2v) is 5.10. The van der Waals surface area contributed by atoms with Crippen LogP contribution in [-0.4, -0.2) is 5.78 Å². The predicted molar refractivity (Wildman–Crippen MR) is 77.8 cm³/mol. The Kier molecular flexibility index (Phi) is 3.55. The Morgan fingerprint density at radius 2 is 2.00 bits per heavy atom. The number of furan rings is 1. The van der Waals surface area contributed by atoms with Gasteiger partial charge in [0.2, 0.25) is 0 Å². The van der Waals surface area contributed by atoms with Crippen molar-refractivity contribution in [1.82, 2.24) is 0 Å². The van der Waals surface area contributed by atoms with Crippen LogP contribution in [0.1, 0.15) is 30.6 Å². The van der Waals surface area contributed by atoms with Gasteiger partial charge in [0.25, 0.3) is 0 Å². The van der Waals surface area contributed by atoms with Gasteiger partial charge in [0.1, 0.15) is 17.1 Å². The lowest BCUT2D eigenvalue weighted by atomic mass is 9.91. The third-order valence-electron chi connectivity index (χ3n) is 3.53. The second kappa shape index (κ2) is 5.52. The minimum absolute atomic E-state index is 0.00581.